The molecule has 2 fully saturated rings. The second-order valence-electron chi connectivity index (χ2n) is 8.58. The highest BCUT2D eigenvalue weighted by Gasteiger charge is 2.64. The Morgan fingerprint density at radius 2 is 2.09 bits per heavy atom. The van der Waals surface area contributed by atoms with E-state index in [1.165, 1.54) is 0 Å². The maximum absolute atomic E-state index is 12.6. The Hall–Kier alpha value is -3.28. The van der Waals surface area contributed by atoms with Gasteiger partial charge in [0.2, 0.25) is 11.8 Å². The van der Waals surface area contributed by atoms with Crippen molar-refractivity contribution in [2.75, 3.05) is 32.2 Å². The second kappa shape index (κ2) is 9.76. The minimum atomic E-state index is -0.967. The second-order valence-corrected chi connectivity index (χ2v) is 8.58. The summed E-state index contributed by atoms with van der Waals surface area (Å²) in [5.74, 6) is -0.0631. The van der Waals surface area contributed by atoms with Crippen LogP contribution in [0.5, 0.6) is 5.88 Å². The molecule has 11 heteroatoms. The van der Waals surface area contributed by atoms with E-state index in [2.05, 4.69) is 21.9 Å². The van der Waals surface area contributed by atoms with E-state index in [0.717, 1.165) is 12.8 Å². The van der Waals surface area contributed by atoms with E-state index < -0.39 is 30.0 Å². The zero-order valence-corrected chi connectivity index (χ0v) is 19.8. The normalized spacial score (nSPS) is 25.3. The Kier molecular flexibility index (Phi) is 6.54. The number of esters is 1. The van der Waals surface area contributed by atoms with Crippen LogP contribution < -0.4 is 10.5 Å². The summed E-state index contributed by atoms with van der Waals surface area (Å²) in [7, 11) is 0. The van der Waals surface area contributed by atoms with Gasteiger partial charge < -0.3 is 29.4 Å². The van der Waals surface area contributed by atoms with E-state index in [1.54, 1.807) is 35.2 Å². The van der Waals surface area contributed by atoms with E-state index in [-0.39, 0.29) is 19.2 Å². The summed E-state index contributed by atoms with van der Waals surface area (Å²) in [5.41, 5.74) is 6.37. The van der Waals surface area contributed by atoms with Gasteiger partial charge in [-0.2, -0.15) is 9.97 Å². The molecule has 3 aromatic rings. The topological polar surface area (TPSA) is 133 Å². The average Bonchev–Trinajstić information content (AvgIpc) is 3.53. The monoisotopic (exact) mass is 483 g/mol. The highest BCUT2D eigenvalue weighted by atomic mass is 16.7. The number of unbranched alkanes of at least 4 members (excludes halogenated alkanes) is 1. The van der Waals surface area contributed by atoms with E-state index in [4.69, 9.17) is 29.4 Å². The molecule has 35 heavy (non-hydrogen) atoms. The predicted octanol–water partition coefficient (Wildman–Crippen LogP) is 2.52. The van der Waals surface area contributed by atoms with Gasteiger partial charge in [-0.15, -0.1) is 0 Å². The third-order valence-electron chi connectivity index (χ3n) is 6.19. The molecule has 5 rings (SSSR count). The lowest BCUT2D eigenvalue weighted by Crippen LogP contribution is -2.47. The van der Waals surface area contributed by atoms with Crippen molar-refractivity contribution in [2.24, 2.45) is 0 Å². The van der Waals surface area contributed by atoms with Crippen LogP contribution >= 0.6 is 0 Å². The number of aromatic nitrogens is 4. The zero-order valence-electron chi connectivity index (χ0n) is 19.8. The van der Waals surface area contributed by atoms with Crippen molar-refractivity contribution in [1.82, 2.24) is 19.5 Å². The number of hydrogen-bond donors (Lipinski definition) is 1. The maximum Gasteiger partial charge on any atom is 0.338 e. The lowest BCUT2D eigenvalue weighted by Gasteiger charge is -2.31. The summed E-state index contributed by atoms with van der Waals surface area (Å²) in [5, 5.41) is 0. The first kappa shape index (κ1) is 23.5. The van der Waals surface area contributed by atoms with Crippen molar-refractivity contribution in [3.8, 4) is 5.88 Å². The third-order valence-corrected chi connectivity index (χ3v) is 6.19. The highest BCUT2D eigenvalue weighted by Crippen LogP contribution is 2.47. The molecule has 186 valence electrons. The number of hydrogen-bond acceptors (Lipinski definition) is 10. The number of rotatable bonds is 10. The van der Waals surface area contributed by atoms with Crippen LogP contribution in [-0.4, -0.2) is 69.7 Å². The number of nitrogen functional groups attached to an aromatic ring is 1. The van der Waals surface area contributed by atoms with Crippen LogP contribution in [-0.2, 0) is 18.9 Å². The van der Waals surface area contributed by atoms with Crippen LogP contribution in [0.2, 0.25) is 0 Å². The van der Waals surface area contributed by atoms with Gasteiger partial charge in [0.1, 0.15) is 18.8 Å². The molecular weight excluding hydrogens is 454 g/mol. The number of anilines is 1. The number of ether oxygens (including phenoxy) is 5. The number of imidazole rings is 1. The van der Waals surface area contributed by atoms with Crippen molar-refractivity contribution in [3.05, 3.63) is 42.2 Å². The first-order valence-electron chi connectivity index (χ1n) is 11.8. The minimum absolute atomic E-state index is 0.0154. The smallest absolute Gasteiger partial charge is 0.338 e. The lowest BCUT2D eigenvalue weighted by atomic mass is 10.00. The minimum Gasteiger partial charge on any atom is -0.476 e. The van der Waals surface area contributed by atoms with Crippen LogP contribution in [0.4, 0.5) is 5.95 Å². The molecule has 2 bridgehead atoms. The summed E-state index contributed by atoms with van der Waals surface area (Å²) in [6.45, 7) is 5.12. The molecule has 4 atom stereocenters. The van der Waals surface area contributed by atoms with Gasteiger partial charge in [0.15, 0.2) is 23.0 Å². The Morgan fingerprint density at radius 3 is 2.86 bits per heavy atom. The van der Waals surface area contributed by atoms with Gasteiger partial charge in [-0.25, -0.2) is 9.78 Å². The quantitative estimate of drug-likeness (QED) is 0.339. The van der Waals surface area contributed by atoms with Crippen LogP contribution in [0.15, 0.2) is 36.7 Å². The predicted molar refractivity (Wildman–Crippen MR) is 125 cm³/mol. The number of fused-ring (bicyclic) bond motifs is 3. The van der Waals surface area contributed by atoms with E-state index in [0.29, 0.717) is 35.8 Å². The molecule has 2 N–H and O–H groups in total. The fourth-order valence-corrected chi connectivity index (χ4v) is 4.50. The van der Waals surface area contributed by atoms with Gasteiger partial charge in [0.05, 0.1) is 25.1 Å². The summed E-state index contributed by atoms with van der Waals surface area (Å²) < 4.78 is 31.9. The molecule has 2 aliphatic rings. The Morgan fingerprint density at radius 1 is 1.26 bits per heavy atom. The maximum atomic E-state index is 12.6. The SMILES string of the molecule is CCCCO[C@H]1[C@H]2OC[C@]1(COC(=O)c1ccccc1)O[C@H]2n1cnc2c(OCC)nc(N)nc21. The van der Waals surface area contributed by atoms with Crippen molar-refractivity contribution >= 4 is 23.1 Å². The Balaban J connectivity index is 1.43. The molecule has 0 radical (unpaired) electrons. The van der Waals surface area contributed by atoms with Gasteiger partial charge in [-0.05, 0) is 25.5 Å². The molecule has 4 heterocycles. The van der Waals surface area contributed by atoms with E-state index in [1.807, 2.05) is 13.0 Å². The van der Waals surface area contributed by atoms with Gasteiger partial charge in [-0.3, -0.25) is 4.57 Å². The summed E-state index contributed by atoms with van der Waals surface area (Å²) >= 11 is 0. The summed E-state index contributed by atoms with van der Waals surface area (Å²) in [4.78, 5) is 25.6. The average molecular weight is 484 g/mol. The number of benzene rings is 1. The van der Waals surface area contributed by atoms with Crippen molar-refractivity contribution < 1.29 is 28.5 Å². The molecule has 0 unspecified atom stereocenters. The molecule has 0 amide bonds. The largest absolute Gasteiger partial charge is 0.476 e. The van der Waals surface area contributed by atoms with Crippen LogP contribution in [0, 0.1) is 0 Å². The van der Waals surface area contributed by atoms with Gasteiger partial charge in [-0.1, -0.05) is 31.5 Å². The van der Waals surface area contributed by atoms with Crippen LogP contribution in [0.25, 0.3) is 11.2 Å². The summed E-state index contributed by atoms with van der Waals surface area (Å²) in [6.07, 6.45) is 1.98. The molecule has 0 aliphatic carbocycles. The number of carbonyl (C=O) groups excluding carboxylic acids is 1. The first-order valence-corrected chi connectivity index (χ1v) is 11.8. The molecule has 1 aromatic carbocycles. The van der Waals surface area contributed by atoms with Crippen molar-refractivity contribution in [2.45, 2.75) is 50.7 Å². The molecule has 0 saturated carbocycles. The molecule has 0 spiro atoms. The van der Waals surface area contributed by atoms with Gasteiger partial charge in [0, 0.05) is 6.61 Å². The molecule has 2 saturated heterocycles. The first-order chi connectivity index (χ1) is 17.1. The zero-order chi connectivity index (χ0) is 24.4. The van der Waals surface area contributed by atoms with Crippen LogP contribution in [0.1, 0.15) is 43.3 Å². The van der Waals surface area contributed by atoms with Crippen molar-refractivity contribution in [3.63, 3.8) is 0 Å². The van der Waals surface area contributed by atoms with Crippen molar-refractivity contribution in [1.29, 1.82) is 0 Å². The number of nitrogens with zero attached hydrogens (tertiary/aromatic N) is 4. The molecule has 2 aromatic heterocycles. The van der Waals surface area contributed by atoms with E-state index >= 15 is 0 Å². The number of carbonyl (C=O) groups is 1. The molecular formula is C24H29N5O6. The van der Waals surface area contributed by atoms with Gasteiger partial charge in [0.25, 0.3) is 0 Å². The Bertz CT molecular complexity index is 1190. The fraction of sp³-hybridized carbons (Fsp3) is 0.500. The van der Waals surface area contributed by atoms with E-state index in [9.17, 15) is 4.79 Å². The fourth-order valence-electron chi connectivity index (χ4n) is 4.50. The third kappa shape index (κ3) is 4.30. The van der Waals surface area contributed by atoms with Gasteiger partial charge >= 0.3 is 5.97 Å². The standard InChI is InChI=1S/C24H29N5O6/c1-3-5-11-32-18-17-21(29-14-26-16-19(29)27-23(25)28-20(16)31-4-2)35-24(18,12-33-17)13-34-22(30)15-9-7-6-8-10-15/h6-10,14,17-18,21H,3-5,11-13H2,1-2H3,(H2,25,27,28)/t17-,18+,21-,24-/m1/s1. The Labute approximate surface area is 202 Å². The molecule has 11 nitrogen and oxygen atoms in total. The highest BCUT2D eigenvalue weighted by molar-refractivity contribution is 5.89. The van der Waals surface area contributed by atoms with Crippen LogP contribution in [0.3, 0.4) is 0 Å². The summed E-state index contributed by atoms with van der Waals surface area (Å²) in [6, 6.07) is 8.83. The molecule has 2 aliphatic heterocycles. The number of nitrogens with two attached hydrogens (primary N) is 1. The lowest BCUT2D eigenvalue weighted by molar-refractivity contribution is -0.187.